The molecule has 25 heavy (non-hydrogen) atoms. The Bertz CT molecular complexity index is 790. The summed E-state index contributed by atoms with van der Waals surface area (Å²) in [5, 5.41) is 10.7. The van der Waals surface area contributed by atoms with Crippen LogP contribution < -0.4 is 4.74 Å². The van der Waals surface area contributed by atoms with Crippen LogP contribution in [0.2, 0.25) is 0 Å². The second-order valence-electron chi connectivity index (χ2n) is 8.11. The number of carbonyl (C=O) groups excluding carboxylic acids is 1. The summed E-state index contributed by atoms with van der Waals surface area (Å²) in [4.78, 5) is 12.0. The van der Waals surface area contributed by atoms with Crippen molar-refractivity contribution in [2.75, 3.05) is 13.7 Å². The number of ether oxygens (including phenoxy) is 2. The molecule has 1 aromatic carbocycles. The van der Waals surface area contributed by atoms with Gasteiger partial charge in [-0.1, -0.05) is 20.8 Å². The number of rotatable bonds is 2. The quantitative estimate of drug-likeness (QED) is 0.826. The lowest BCUT2D eigenvalue weighted by Crippen LogP contribution is -2.41. The van der Waals surface area contributed by atoms with Gasteiger partial charge in [0.15, 0.2) is 0 Å². The predicted molar refractivity (Wildman–Crippen MR) is 95.1 cm³/mol. The van der Waals surface area contributed by atoms with Gasteiger partial charge in [0.05, 0.1) is 7.11 Å². The fourth-order valence-corrected chi connectivity index (χ4v) is 5.32. The summed E-state index contributed by atoms with van der Waals surface area (Å²) in [6.45, 7) is 6.88. The van der Waals surface area contributed by atoms with Gasteiger partial charge in [0.25, 0.3) is 0 Å². The van der Waals surface area contributed by atoms with Gasteiger partial charge in [-0.15, -0.1) is 0 Å². The van der Waals surface area contributed by atoms with E-state index in [1.165, 1.54) is 16.7 Å². The SMILES string of the molecule is COc1c2c(cc(O)c1C(C)C)[C@]1(C)CCC3=C(COC3=O)[C@@H]1CC2. The number of hydrogen-bond donors (Lipinski definition) is 1. The molecule has 0 saturated carbocycles. The van der Waals surface area contributed by atoms with E-state index in [2.05, 4.69) is 20.8 Å². The molecule has 4 heteroatoms. The van der Waals surface area contributed by atoms with Gasteiger partial charge in [0, 0.05) is 16.6 Å². The summed E-state index contributed by atoms with van der Waals surface area (Å²) in [5.41, 5.74) is 5.33. The van der Waals surface area contributed by atoms with E-state index in [1.54, 1.807) is 7.11 Å². The predicted octanol–water partition coefficient (Wildman–Crippen LogP) is 3.99. The zero-order valence-electron chi connectivity index (χ0n) is 15.4. The van der Waals surface area contributed by atoms with Gasteiger partial charge in [-0.05, 0) is 60.3 Å². The molecule has 2 aliphatic carbocycles. The van der Waals surface area contributed by atoms with Crippen molar-refractivity contribution in [2.45, 2.75) is 57.8 Å². The molecule has 1 aromatic rings. The lowest BCUT2D eigenvalue weighted by atomic mass is 9.56. The smallest absolute Gasteiger partial charge is 0.334 e. The summed E-state index contributed by atoms with van der Waals surface area (Å²) in [7, 11) is 1.69. The molecule has 4 nitrogen and oxygen atoms in total. The van der Waals surface area contributed by atoms with E-state index >= 15 is 0 Å². The van der Waals surface area contributed by atoms with Gasteiger partial charge in [-0.2, -0.15) is 0 Å². The van der Waals surface area contributed by atoms with Crippen molar-refractivity contribution < 1.29 is 19.4 Å². The Balaban J connectivity index is 1.89. The number of phenols is 1. The topological polar surface area (TPSA) is 55.8 Å². The lowest BCUT2D eigenvalue weighted by Gasteiger charge is -2.47. The average molecular weight is 342 g/mol. The number of carbonyl (C=O) groups is 1. The van der Waals surface area contributed by atoms with Crippen LogP contribution in [0.1, 0.15) is 62.6 Å². The third-order valence-corrected chi connectivity index (χ3v) is 6.56. The molecule has 134 valence electrons. The van der Waals surface area contributed by atoms with Crippen molar-refractivity contribution >= 4 is 5.97 Å². The number of fused-ring (bicyclic) bond motifs is 4. The average Bonchev–Trinajstić information content (AvgIpc) is 2.94. The Morgan fingerprint density at radius 1 is 1.36 bits per heavy atom. The maximum Gasteiger partial charge on any atom is 0.334 e. The fraction of sp³-hybridized carbons (Fsp3) is 0.571. The lowest BCUT2D eigenvalue weighted by molar-refractivity contribution is -0.136. The summed E-state index contributed by atoms with van der Waals surface area (Å²) in [6.07, 6.45) is 3.57. The zero-order chi connectivity index (χ0) is 17.9. The molecule has 0 amide bonds. The van der Waals surface area contributed by atoms with Crippen molar-refractivity contribution in [1.29, 1.82) is 0 Å². The number of hydrogen-bond acceptors (Lipinski definition) is 4. The van der Waals surface area contributed by atoms with Crippen LogP contribution in [-0.2, 0) is 21.4 Å². The Morgan fingerprint density at radius 3 is 2.80 bits per heavy atom. The van der Waals surface area contributed by atoms with Crippen LogP contribution in [0.25, 0.3) is 0 Å². The van der Waals surface area contributed by atoms with Gasteiger partial charge in [0.2, 0.25) is 0 Å². The third kappa shape index (κ3) is 2.16. The largest absolute Gasteiger partial charge is 0.508 e. The van der Waals surface area contributed by atoms with Gasteiger partial charge in [-0.25, -0.2) is 4.79 Å². The second kappa shape index (κ2) is 5.52. The Hall–Kier alpha value is -1.97. The first kappa shape index (κ1) is 16.5. The van der Waals surface area contributed by atoms with E-state index in [0.29, 0.717) is 18.3 Å². The highest BCUT2D eigenvalue weighted by Crippen LogP contribution is 2.56. The molecule has 0 bridgehead atoms. The van der Waals surface area contributed by atoms with Crippen molar-refractivity contribution in [1.82, 2.24) is 0 Å². The molecular formula is C21H26O4. The minimum absolute atomic E-state index is 0.0827. The number of aromatic hydroxyl groups is 1. The molecular weight excluding hydrogens is 316 g/mol. The summed E-state index contributed by atoms with van der Waals surface area (Å²) >= 11 is 0. The maximum atomic E-state index is 12.0. The molecule has 0 fully saturated rings. The molecule has 0 spiro atoms. The van der Waals surface area contributed by atoms with Crippen molar-refractivity contribution in [2.24, 2.45) is 5.92 Å². The van der Waals surface area contributed by atoms with Crippen molar-refractivity contribution in [3.8, 4) is 11.5 Å². The highest BCUT2D eigenvalue weighted by molar-refractivity contribution is 5.92. The molecule has 0 radical (unpaired) electrons. The van der Waals surface area contributed by atoms with E-state index < -0.39 is 0 Å². The van der Waals surface area contributed by atoms with Crippen molar-refractivity contribution in [3.05, 3.63) is 33.9 Å². The Labute approximate surface area is 148 Å². The fourth-order valence-electron chi connectivity index (χ4n) is 5.32. The molecule has 1 heterocycles. The second-order valence-corrected chi connectivity index (χ2v) is 8.11. The Kier molecular flexibility index (Phi) is 3.64. The number of cyclic esters (lactones) is 1. The molecule has 0 aromatic heterocycles. The number of benzene rings is 1. The molecule has 2 atom stereocenters. The van der Waals surface area contributed by atoms with E-state index in [1.807, 2.05) is 6.07 Å². The minimum Gasteiger partial charge on any atom is -0.508 e. The van der Waals surface area contributed by atoms with E-state index in [9.17, 15) is 9.90 Å². The molecule has 4 rings (SSSR count). The van der Waals surface area contributed by atoms with Crippen LogP contribution in [0.15, 0.2) is 17.2 Å². The first-order valence-electron chi connectivity index (χ1n) is 9.20. The van der Waals surface area contributed by atoms with Crippen LogP contribution in [-0.4, -0.2) is 24.8 Å². The van der Waals surface area contributed by atoms with E-state index in [4.69, 9.17) is 9.47 Å². The molecule has 0 unspecified atom stereocenters. The molecule has 0 saturated heterocycles. The van der Waals surface area contributed by atoms with Gasteiger partial charge in [-0.3, -0.25) is 0 Å². The van der Waals surface area contributed by atoms with Crippen molar-refractivity contribution in [3.63, 3.8) is 0 Å². The first-order valence-corrected chi connectivity index (χ1v) is 9.20. The maximum absolute atomic E-state index is 12.0. The zero-order valence-corrected chi connectivity index (χ0v) is 15.4. The van der Waals surface area contributed by atoms with Crippen LogP contribution in [0, 0.1) is 5.92 Å². The van der Waals surface area contributed by atoms with Crippen LogP contribution in [0.3, 0.4) is 0 Å². The van der Waals surface area contributed by atoms with Gasteiger partial charge >= 0.3 is 5.97 Å². The molecule has 1 aliphatic heterocycles. The monoisotopic (exact) mass is 342 g/mol. The Morgan fingerprint density at radius 2 is 2.12 bits per heavy atom. The normalized spacial score (nSPS) is 27.7. The highest BCUT2D eigenvalue weighted by Gasteiger charge is 2.49. The summed E-state index contributed by atoms with van der Waals surface area (Å²) < 4.78 is 11.1. The van der Waals surface area contributed by atoms with Gasteiger partial charge < -0.3 is 14.6 Å². The van der Waals surface area contributed by atoms with Crippen LogP contribution in [0.5, 0.6) is 11.5 Å². The molecule has 1 N–H and O–H groups in total. The van der Waals surface area contributed by atoms with Gasteiger partial charge in [0.1, 0.15) is 18.1 Å². The van der Waals surface area contributed by atoms with E-state index in [-0.39, 0.29) is 17.3 Å². The van der Waals surface area contributed by atoms with Crippen LogP contribution >= 0.6 is 0 Å². The standard InChI is InChI=1S/C21H26O4/c1-11(2)18-17(22)9-16-13(19(18)24-4)5-6-15-14-10-25-20(23)12(14)7-8-21(15,16)3/h9,11,15,22H,5-8,10H2,1-4H3/t15-,21+/m0/s1. The number of methoxy groups -OCH3 is 1. The highest BCUT2D eigenvalue weighted by atomic mass is 16.5. The van der Waals surface area contributed by atoms with Crippen LogP contribution in [0.4, 0.5) is 0 Å². The molecule has 3 aliphatic rings. The number of phenolic OH excluding ortho intramolecular Hbond substituents is 1. The summed E-state index contributed by atoms with van der Waals surface area (Å²) in [5.74, 6) is 1.56. The summed E-state index contributed by atoms with van der Waals surface area (Å²) in [6, 6.07) is 1.96. The third-order valence-electron chi connectivity index (χ3n) is 6.56. The number of esters is 1. The van der Waals surface area contributed by atoms with E-state index in [0.717, 1.165) is 42.6 Å². The minimum atomic E-state index is -0.126. The first-order chi connectivity index (χ1) is 11.9.